The molecule has 5 aromatic rings. The molecule has 0 aliphatic carbocycles. The van der Waals surface area contributed by atoms with Crippen LogP contribution in [0, 0.1) is 0 Å². The first kappa shape index (κ1) is 24.3. The van der Waals surface area contributed by atoms with Gasteiger partial charge in [0.15, 0.2) is 0 Å². The number of allylic oxidation sites excluding steroid dienone is 1. The summed E-state index contributed by atoms with van der Waals surface area (Å²) in [5, 5.41) is 5.15. The highest BCUT2D eigenvalue weighted by molar-refractivity contribution is 6.00. The molecule has 1 amide bonds. The molecule has 0 fully saturated rings. The first-order valence-corrected chi connectivity index (χ1v) is 12.4. The second kappa shape index (κ2) is 10.7. The molecular formula is C31H30N2O4. The number of ether oxygens (including phenoxy) is 2. The van der Waals surface area contributed by atoms with Gasteiger partial charge in [0, 0.05) is 52.3 Å². The van der Waals surface area contributed by atoms with E-state index in [9.17, 15) is 4.79 Å². The van der Waals surface area contributed by atoms with E-state index in [-0.39, 0.29) is 5.91 Å². The van der Waals surface area contributed by atoms with Crippen LogP contribution in [0.2, 0.25) is 0 Å². The van der Waals surface area contributed by atoms with Crippen LogP contribution in [0.15, 0.2) is 83.6 Å². The van der Waals surface area contributed by atoms with Crippen LogP contribution in [0.5, 0.6) is 11.5 Å². The molecule has 188 valence electrons. The lowest BCUT2D eigenvalue weighted by molar-refractivity contribution is -0.116. The van der Waals surface area contributed by atoms with Gasteiger partial charge in [0.25, 0.3) is 0 Å². The average molecular weight is 495 g/mol. The normalized spacial score (nSPS) is 11.7. The molecule has 2 N–H and O–H groups in total. The highest BCUT2D eigenvalue weighted by atomic mass is 16.5. The number of amides is 1. The molecular weight excluding hydrogens is 464 g/mol. The van der Waals surface area contributed by atoms with Gasteiger partial charge in [0.2, 0.25) is 5.91 Å². The summed E-state index contributed by atoms with van der Waals surface area (Å²) in [5.41, 5.74) is 6.62. The minimum atomic E-state index is -0.139. The zero-order chi connectivity index (χ0) is 25.8. The number of carbonyl (C=O) groups is 1. The summed E-state index contributed by atoms with van der Waals surface area (Å²) in [4.78, 5) is 16.1. The summed E-state index contributed by atoms with van der Waals surface area (Å²) in [7, 11) is 1.65. The molecule has 0 aliphatic rings. The minimum absolute atomic E-state index is 0.139. The lowest BCUT2D eigenvalue weighted by Gasteiger charge is -2.12. The number of rotatable bonds is 9. The quantitative estimate of drug-likeness (QED) is 0.222. The largest absolute Gasteiger partial charge is 0.497 e. The zero-order valence-corrected chi connectivity index (χ0v) is 21.3. The Balaban J connectivity index is 1.38. The average Bonchev–Trinajstić information content (AvgIpc) is 3.52. The number of methoxy groups -OCH3 is 1. The van der Waals surface area contributed by atoms with Gasteiger partial charge in [-0.3, -0.25) is 4.79 Å². The minimum Gasteiger partial charge on any atom is -0.497 e. The predicted octanol–water partition coefficient (Wildman–Crippen LogP) is 6.75. The molecule has 2 aromatic heterocycles. The van der Waals surface area contributed by atoms with Crippen molar-refractivity contribution in [1.29, 1.82) is 0 Å². The molecule has 3 aromatic carbocycles. The summed E-state index contributed by atoms with van der Waals surface area (Å²) in [5.74, 6) is 1.32. The number of carbonyl (C=O) groups excluding carboxylic acids is 1. The van der Waals surface area contributed by atoms with E-state index in [4.69, 9.17) is 13.9 Å². The first-order valence-electron chi connectivity index (χ1n) is 12.4. The number of nitrogens with one attached hydrogen (secondary N) is 2. The van der Waals surface area contributed by atoms with Gasteiger partial charge >= 0.3 is 0 Å². The third-order valence-corrected chi connectivity index (χ3v) is 6.50. The number of aromatic nitrogens is 1. The molecule has 2 heterocycles. The van der Waals surface area contributed by atoms with Crippen molar-refractivity contribution in [2.45, 2.75) is 20.3 Å². The Morgan fingerprint density at radius 2 is 1.95 bits per heavy atom. The van der Waals surface area contributed by atoms with Gasteiger partial charge in [0.05, 0.1) is 20.0 Å². The molecule has 0 saturated carbocycles. The maximum atomic E-state index is 12.8. The lowest BCUT2D eigenvalue weighted by atomic mass is 9.99. The number of fused-ring (bicyclic) bond motifs is 2. The lowest BCUT2D eigenvalue weighted by Crippen LogP contribution is -2.23. The zero-order valence-electron chi connectivity index (χ0n) is 21.3. The fraction of sp³-hybridized carbons (Fsp3) is 0.194. The van der Waals surface area contributed by atoms with E-state index in [1.807, 2.05) is 68.6 Å². The molecule has 0 radical (unpaired) electrons. The Bertz CT molecular complexity index is 1590. The van der Waals surface area contributed by atoms with Crippen LogP contribution < -0.4 is 14.8 Å². The number of para-hydroxylation sites is 1. The van der Waals surface area contributed by atoms with Crippen LogP contribution >= 0.6 is 0 Å². The second-order valence-electron chi connectivity index (χ2n) is 8.89. The molecule has 0 spiro atoms. The van der Waals surface area contributed by atoms with Crippen molar-refractivity contribution < 1.29 is 18.7 Å². The van der Waals surface area contributed by atoms with E-state index in [0.29, 0.717) is 18.9 Å². The van der Waals surface area contributed by atoms with E-state index >= 15 is 0 Å². The van der Waals surface area contributed by atoms with Gasteiger partial charge in [-0.15, -0.1) is 0 Å². The van der Waals surface area contributed by atoms with Crippen molar-refractivity contribution in [2.24, 2.45) is 0 Å². The molecule has 0 bridgehead atoms. The third kappa shape index (κ3) is 5.09. The summed E-state index contributed by atoms with van der Waals surface area (Å²) in [6.45, 7) is 4.91. The van der Waals surface area contributed by atoms with Crippen LogP contribution in [-0.2, 0) is 11.2 Å². The number of H-pyrrole nitrogens is 1. The van der Waals surface area contributed by atoms with Gasteiger partial charge in [-0.05, 0) is 61.2 Å². The summed E-state index contributed by atoms with van der Waals surface area (Å²) < 4.78 is 17.2. The van der Waals surface area contributed by atoms with Crippen molar-refractivity contribution in [1.82, 2.24) is 10.3 Å². The number of furan rings is 1. The van der Waals surface area contributed by atoms with Gasteiger partial charge in [0.1, 0.15) is 17.1 Å². The molecule has 0 unspecified atom stereocenters. The number of benzene rings is 3. The summed E-state index contributed by atoms with van der Waals surface area (Å²) >= 11 is 0. The molecule has 37 heavy (non-hydrogen) atoms. The SMILES string of the molecule is CCOc1cc2occ(-c3cccc(OC)c3)c2cc1/C(C)=C/C(=O)NCCc1c[nH]c2ccccc12. The van der Waals surface area contributed by atoms with E-state index < -0.39 is 0 Å². The Labute approximate surface area is 215 Å². The standard InChI is InChI=1S/C31H30N2O4/c1-4-36-29-17-30-26(27(19-37-30)21-8-7-9-23(15-21)35-3)16-25(29)20(2)14-31(34)32-13-12-22-18-33-28-11-6-5-10-24(22)28/h5-11,14-19,33H,4,12-13H2,1-3H3,(H,32,34)/b20-14+. The van der Waals surface area contributed by atoms with Crippen molar-refractivity contribution in [3.8, 4) is 22.6 Å². The molecule has 6 nitrogen and oxygen atoms in total. The van der Waals surface area contributed by atoms with Gasteiger partial charge < -0.3 is 24.2 Å². The summed E-state index contributed by atoms with van der Waals surface area (Å²) in [6, 6.07) is 20.0. The van der Waals surface area contributed by atoms with E-state index in [0.717, 1.165) is 50.9 Å². The molecule has 0 saturated heterocycles. The third-order valence-electron chi connectivity index (χ3n) is 6.50. The maximum Gasteiger partial charge on any atom is 0.244 e. The summed E-state index contributed by atoms with van der Waals surface area (Å²) in [6.07, 6.45) is 6.13. The van der Waals surface area contributed by atoms with Crippen molar-refractivity contribution in [3.05, 3.63) is 90.3 Å². The fourth-order valence-corrected chi connectivity index (χ4v) is 4.64. The predicted molar refractivity (Wildman–Crippen MR) is 148 cm³/mol. The Kier molecular flexibility index (Phi) is 6.99. The Hall–Kier alpha value is -4.45. The van der Waals surface area contributed by atoms with Crippen molar-refractivity contribution >= 4 is 33.4 Å². The van der Waals surface area contributed by atoms with Gasteiger partial charge in [-0.2, -0.15) is 0 Å². The van der Waals surface area contributed by atoms with Crippen LogP contribution in [0.25, 0.3) is 38.6 Å². The molecule has 6 heteroatoms. The Morgan fingerprint density at radius 3 is 2.78 bits per heavy atom. The highest BCUT2D eigenvalue weighted by Gasteiger charge is 2.16. The number of hydrogen-bond donors (Lipinski definition) is 2. The fourth-order valence-electron chi connectivity index (χ4n) is 4.64. The van der Waals surface area contributed by atoms with Crippen molar-refractivity contribution in [3.63, 3.8) is 0 Å². The topological polar surface area (TPSA) is 76.5 Å². The monoisotopic (exact) mass is 494 g/mol. The van der Waals surface area contributed by atoms with E-state index in [1.54, 1.807) is 19.4 Å². The Morgan fingerprint density at radius 1 is 1.08 bits per heavy atom. The van der Waals surface area contributed by atoms with E-state index in [2.05, 4.69) is 22.4 Å². The van der Waals surface area contributed by atoms with Crippen LogP contribution in [0.1, 0.15) is 25.0 Å². The molecule has 0 aliphatic heterocycles. The molecule has 5 rings (SSSR count). The first-order chi connectivity index (χ1) is 18.1. The van der Waals surface area contributed by atoms with E-state index in [1.165, 1.54) is 10.9 Å². The van der Waals surface area contributed by atoms with Crippen LogP contribution in [-0.4, -0.2) is 31.2 Å². The van der Waals surface area contributed by atoms with Crippen LogP contribution in [0.3, 0.4) is 0 Å². The highest BCUT2D eigenvalue weighted by Crippen LogP contribution is 2.38. The van der Waals surface area contributed by atoms with Crippen molar-refractivity contribution in [2.75, 3.05) is 20.3 Å². The van der Waals surface area contributed by atoms with Gasteiger partial charge in [-0.1, -0.05) is 30.3 Å². The van der Waals surface area contributed by atoms with Gasteiger partial charge in [-0.25, -0.2) is 0 Å². The molecule has 0 atom stereocenters. The maximum absolute atomic E-state index is 12.8. The smallest absolute Gasteiger partial charge is 0.244 e. The number of aromatic amines is 1. The second-order valence-corrected chi connectivity index (χ2v) is 8.89. The van der Waals surface area contributed by atoms with Crippen LogP contribution in [0.4, 0.5) is 0 Å². The number of hydrogen-bond acceptors (Lipinski definition) is 4.